The zero-order valence-electron chi connectivity index (χ0n) is 13.3. The third-order valence-electron chi connectivity index (χ3n) is 4.05. The van der Waals surface area contributed by atoms with Gasteiger partial charge in [0.25, 0.3) is 5.91 Å². The highest BCUT2D eigenvalue weighted by Crippen LogP contribution is 2.35. The van der Waals surface area contributed by atoms with Crippen LogP contribution in [0.3, 0.4) is 0 Å². The van der Waals surface area contributed by atoms with Gasteiger partial charge in [-0.25, -0.2) is 14.2 Å². The molecule has 1 aliphatic rings. The first-order valence-corrected chi connectivity index (χ1v) is 8.44. The molecule has 3 rings (SSSR count). The predicted octanol–water partition coefficient (Wildman–Crippen LogP) is 3.52. The van der Waals surface area contributed by atoms with Crippen molar-refractivity contribution in [2.75, 3.05) is 0 Å². The van der Waals surface area contributed by atoms with Crippen LogP contribution < -0.4 is 5.32 Å². The van der Waals surface area contributed by atoms with Crippen LogP contribution in [-0.4, -0.2) is 21.8 Å². The van der Waals surface area contributed by atoms with Crippen molar-refractivity contribution in [3.8, 4) is 0 Å². The van der Waals surface area contributed by atoms with Crippen molar-refractivity contribution in [3.63, 3.8) is 0 Å². The fourth-order valence-corrected chi connectivity index (χ4v) is 4.06. The highest BCUT2D eigenvalue weighted by atomic mass is 35.5. The lowest BCUT2D eigenvalue weighted by Gasteiger charge is -2.23. The van der Waals surface area contributed by atoms with E-state index in [0.717, 1.165) is 26.5 Å². The maximum Gasteiger partial charge on any atom is 0.325 e. The molecule has 1 N–H and O–H groups in total. The maximum absolute atomic E-state index is 13.3. The van der Waals surface area contributed by atoms with Gasteiger partial charge in [0.05, 0.1) is 17.2 Å². The largest absolute Gasteiger partial charge is 0.325 e. The summed E-state index contributed by atoms with van der Waals surface area (Å²) in [6.07, 6.45) is 0. The monoisotopic (exact) mass is 367 g/mol. The quantitative estimate of drug-likeness (QED) is 0.844. The number of benzene rings is 1. The molecule has 1 fully saturated rings. The Morgan fingerprint density at radius 3 is 2.67 bits per heavy atom. The second kappa shape index (κ2) is 5.82. The van der Waals surface area contributed by atoms with E-state index in [1.807, 2.05) is 13.8 Å². The topological polar surface area (TPSA) is 62.3 Å². The molecule has 1 aromatic carbocycles. The number of nitrogens with one attached hydrogen (secondary N) is 1. The van der Waals surface area contributed by atoms with Crippen molar-refractivity contribution < 1.29 is 14.0 Å². The normalized spacial score (nSPS) is 20.6. The average Bonchev–Trinajstić information content (AvgIpc) is 2.90. The number of nitrogens with zero attached hydrogens (tertiary/aromatic N) is 2. The van der Waals surface area contributed by atoms with E-state index >= 15 is 0 Å². The maximum atomic E-state index is 13.3. The van der Waals surface area contributed by atoms with Crippen molar-refractivity contribution in [1.82, 2.24) is 15.2 Å². The minimum atomic E-state index is -1.32. The Kier molecular flexibility index (Phi) is 4.09. The van der Waals surface area contributed by atoms with E-state index in [1.54, 1.807) is 6.92 Å². The van der Waals surface area contributed by atoms with Crippen molar-refractivity contribution in [2.24, 2.45) is 0 Å². The van der Waals surface area contributed by atoms with Gasteiger partial charge >= 0.3 is 6.03 Å². The number of hydrogen-bond acceptors (Lipinski definition) is 4. The summed E-state index contributed by atoms with van der Waals surface area (Å²) in [5.41, 5.74) is -0.162. The van der Waals surface area contributed by atoms with Crippen LogP contribution in [0.2, 0.25) is 5.02 Å². The first kappa shape index (κ1) is 16.9. The predicted molar refractivity (Wildman–Crippen MR) is 89.4 cm³/mol. The highest BCUT2D eigenvalue weighted by molar-refractivity contribution is 7.11. The van der Waals surface area contributed by atoms with Crippen LogP contribution in [0.1, 0.15) is 28.1 Å². The van der Waals surface area contributed by atoms with E-state index in [2.05, 4.69) is 10.3 Å². The minimum Gasteiger partial charge on any atom is -0.319 e. The third-order valence-corrected chi connectivity index (χ3v) is 5.42. The lowest BCUT2D eigenvalue weighted by atomic mass is 9.92. The van der Waals surface area contributed by atoms with Crippen LogP contribution >= 0.6 is 22.9 Å². The van der Waals surface area contributed by atoms with Gasteiger partial charge in [-0.2, -0.15) is 0 Å². The Hall–Kier alpha value is -1.99. The molecular formula is C16H15ClFN3O2S. The van der Waals surface area contributed by atoms with Crippen LogP contribution in [0.4, 0.5) is 9.18 Å². The van der Waals surface area contributed by atoms with Crippen LogP contribution in [0, 0.1) is 19.7 Å². The van der Waals surface area contributed by atoms with Gasteiger partial charge in [-0.1, -0.05) is 17.7 Å². The number of urea groups is 1. The first-order valence-electron chi connectivity index (χ1n) is 7.25. The van der Waals surface area contributed by atoms with Crippen LogP contribution in [-0.2, 0) is 16.9 Å². The Labute approximate surface area is 147 Å². The Morgan fingerprint density at radius 2 is 2.08 bits per heavy atom. The second-order valence-electron chi connectivity index (χ2n) is 5.81. The SMILES string of the molecule is Cc1nc(C)c(CN2C(=O)NC(C)(c3ccc(F)cc3Cl)C2=O)s1. The molecule has 5 nitrogen and oxygen atoms in total. The first-order chi connectivity index (χ1) is 11.2. The van der Waals surface area contributed by atoms with E-state index < -0.39 is 23.3 Å². The summed E-state index contributed by atoms with van der Waals surface area (Å²) in [7, 11) is 0. The lowest BCUT2D eigenvalue weighted by Crippen LogP contribution is -2.41. The number of aryl methyl sites for hydroxylation is 2. The van der Waals surface area contributed by atoms with Crippen molar-refractivity contribution in [1.29, 1.82) is 0 Å². The zero-order valence-corrected chi connectivity index (χ0v) is 14.9. The molecule has 1 aliphatic heterocycles. The van der Waals surface area contributed by atoms with Gasteiger partial charge < -0.3 is 5.32 Å². The molecule has 0 radical (unpaired) electrons. The molecule has 126 valence electrons. The number of aromatic nitrogens is 1. The molecule has 0 saturated carbocycles. The number of amides is 3. The van der Waals surface area contributed by atoms with E-state index in [-0.39, 0.29) is 11.6 Å². The molecule has 3 amide bonds. The van der Waals surface area contributed by atoms with Gasteiger partial charge in [-0.15, -0.1) is 11.3 Å². The van der Waals surface area contributed by atoms with E-state index in [9.17, 15) is 14.0 Å². The number of carbonyl (C=O) groups excluding carboxylic acids is 2. The standard InChI is InChI=1S/C16H15ClFN3O2S/c1-8-13(24-9(2)19-8)7-21-14(22)16(3,20-15(21)23)11-5-4-10(18)6-12(11)17/h4-6H,7H2,1-3H3,(H,20,23). The molecule has 0 spiro atoms. The lowest BCUT2D eigenvalue weighted by molar-refractivity contribution is -0.131. The summed E-state index contributed by atoms with van der Waals surface area (Å²) in [5.74, 6) is -0.928. The molecule has 1 unspecified atom stereocenters. The molecule has 8 heteroatoms. The van der Waals surface area contributed by atoms with Gasteiger partial charge in [0, 0.05) is 15.5 Å². The molecule has 2 heterocycles. The second-order valence-corrected chi connectivity index (χ2v) is 7.51. The summed E-state index contributed by atoms with van der Waals surface area (Å²) in [4.78, 5) is 31.5. The number of thiazole rings is 1. The summed E-state index contributed by atoms with van der Waals surface area (Å²) >= 11 is 7.52. The minimum absolute atomic E-state index is 0.0952. The van der Waals surface area contributed by atoms with Crippen molar-refractivity contribution in [3.05, 3.63) is 50.2 Å². The fourth-order valence-electron chi connectivity index (χ4n) is 2.78. The van der Waals surface area contributed by atoms with Crippen molar-refractivity contribution in [2.45, 2.75) is 32.9 Å². The van der Waals surface area contributed by atoms with Crippen LogP contribution in [0.15, 0.2) is 18.2 Å². The number of imide groups is 1. The van der Waals surface area contributed by atoms with E-state index in [0.29, 0.717) is 5.56 Å². The molecule has 1 aromatic heterocycles. The smallest absolute Gasteiger partial charge is 0.319 e. The summed E-state index contributed by atoms with van der Waals surface area (Å²) in [6.45, 7) is 5.43. The molecule has 0 bridgehead atoms. The fraction of sp³-hybridized carbons (Fsp3) is 0.312. The Bertz CT molecular complexity index is 854. The summed E-state index contributed by atoms with van der Waals surface area (Å²) < 4.78 is 13.3. The zero-order chi connectivity index (χ0) is 17.6. The van der Waals surface area contributed by atoms with E-state index in [4.69, 9.17) is 11.6 Å². The summed E-state index contributed by atoms with van der Waals surface area (Å²) in [6, 6.07) is 3.25. The van der Waals surface area contributed by atoms with Gasteiger partial charge in [0.1, 0.15) is 11.4 Å². The Morgan fingerprint density at radius 1 is 1.38 bits per heavy atom. The molecule has 1 atom stereocenters. The van der Waals surface area contributed by atoms with Gasteiger partial charge in [-0.3, -0.25) is 9.69 Å². The van der Waals surface area contributed by atoms with E-state index in [1.165, 1.54) is 23.5 Å². The average molecular weight is 368 g/mol. The number of carbonyl (C=O) groups is 2. The number of halogens is 2. The molecule has 0 aliphatic carbocycles. The summed E-state index contributed by atoms with van der Waals surface area (Å²) in [5, 5.41) is 3.64. The molecule has 1 saturated heterocycles. The number of rotatable bonds is 3. The van der Waals surface area contributed by atoms with Crippen molar-refractivity contribution >= 4 is 34.9 Å². The van der Waals surface area contributed by atoms with Crippen LogP contribution in [0.5, 0.6) is 0 Å². The van der Waals surface area contributed by atoms with Gasteiger partial charge in [-0.05, 0) is 32.9 Å². The highest BCUT2D eigenvalue weighted by Gasteiger charge is 2.50. The Balaban J connectivity index is 1.94. The molecular weight excluding hydrogens is 353 g/mol. The third kappa shape index (κ3) is 2.67. The van der Waals surface area contributed by atoms with Gasteiger partial charge in [0.15, 0.2) is 0 Å². The molecule has 24 heavy (non-hydrogen) atoms. The number of hydrogen-bond donors (Lipinski definition) is 1. The van der Waals surface area contributed by atoms with Gasteiger partial charge in [0.2, 0.25) is 0 Å². The molecule has 2 aromatic rings. The van der Waals surface area contributed by atoms with Crippen LogP contribution in [0.25, 0.3) is 0 Å².